The first kappa shape index (κ1) is 20.5. The Bertz CT molecular complexity index is 905. The van der Waals surface area contributed by atoms with Crippen molar-refractivity contribution in [1.29, 1.82) is 5.26 Å². The van der Waals surface area contributed by atoms with Crippen LogP contribution < -0.4 is 15.4 Å². The zero-order chi connectivity index (χ0) is 20.4. The van der Waals surface area contributed by atoms with Crippen molar-refractivity contribution < 1.29 is 23.9 Å². The van der Waals surface area contributed by atoms with E-state index in [1.807, 2.05) is 6.07 Å². The Kier molecular flexibility index (Phi) is 7.54. The zero-order valence-electron chi connectivity index (χ0n) is 15.2. The second kappa shape index (κ2) is 10.3. The molecule has 0 aromatic heterocycles. The molecule has 0 radical (unpaired) electrons. The maximum absolute atomic E-state index is 12.2. The minimum Gasteiger partial charge on any atom is -0.493 e. The van der Waals surface area contributed by atoms with Crippen molar-refractivity contribution in [1.82, 2.24) is 5.32 Å². The number of benzene rings is 2. The van der Waals surface area contributed by atoms with Gasteiger partial charge in [0.1, 0.15) is 18.4 Å². The van der Waals surface area contributed by atoms with Gasteiger partial charge in [0.2, 0.25) is 0 Å². The van der Waals surface area contributed by atoms with E-state index in [4.69, 9.17) is 14.7 Å². The first-order chi connectivity index (χ1) is 13.5. The van der Waals surface area contributed by atoms with Crippen LogP contribution in [0.15, 0.2) is 48.5 Å². The number of anilines is 1. The van der Waals surface area contributed by atoms with Crippen LogP contribution in [0.2, 0.25) is 0 Å². The molecule has 0 aliphatic carbocycles. The molecule has 0 atom stereocenters. The fourth-order valence-electron chi connectivity index (χ4n) is 2.26. The third-order valence-corrected chi connectivity index (χ3v) is 3.51. The predicted octanol–water partition coefficient (Wildman–Crippen LogP) is 1.87. The highest BCUT2D eigenvalue weighted by molar-refractivity contribution is 5.98. The molecule has 144 valence electrons. The molecule has 0 aliphatic rings. The van der Waals surface area contributed by atoms with E-state index in [0.717, 1.165) is 0 Å². The number of hydrogen-bond acceptors (Lipinski definition) is 6. The number of rotatable bonds is 8. The molecule has 0 heterocycles. The van der Waals surface area contributed by atoms with Crippen molar-refractivity contribution in [2.75, 3.05) is 25.1 Å². The summed E-state index contributed by atoms with van der Waals surface area (Å²) in [5.41, 5.74) is 0.914. The van der Waals surface area contributed by atoms with Gasteiger partial charge >= 0.3 is 5.97 Å². The van der Waals surface area contributed by atoms with Crippen LogP contribution in [0, 0.1) is 11.3 Å². The van der Waals surface area contributed by atoms with Gasteiger partial charge in [0.15, 0.2) is 6.61 Å². The second-order valence-corrected chi connectivity index (χ2v) is 5.48. The molecule has 0 spiro atoms. The first-order valence-electron chi connectivity index (χ1n) is 8.49. The average molecular weight is 381 g/mol. The number of nitriles is 1. The van der Waals surface area contributed by atoms with Crippen LogP contribution in [0.3, 0.4) is 0 Å². The lowest BCUT2D eigenvalue weighted by molar-refractivity contribution is -0.146. The largest absolute Gasteiger partial charge is 0.493 e. The number of ether oxygens (including phenoxy) is 2. The van der Waals surface area contributed by atoms with E-state index in [-0.39, 0.29) is 0 Å². The van der Waals surface area contributed by atoms with Gasteiger partial charge in [-0.25, -0.2) is 0 Å². The smallest absolute Gasteiger partial charge is 0.325 e. The third-order valence-electron chi connectivity index (χ3n) is 3.51. The summed E-state index contributed by atoms with van der Waals surface area (Å²) >= 11 is 0. The summed E-state index contributed by atoms with van der Waals surface area (Å²) in [6.45, 7) is 1.26. The third kappa shape index (κ3) is 5.85. The molecule has 28 heavy (non-hydrogen) atoms. The molecule has 8 heteroatoms. The Balaban J connectivity index is 1.80. The number of para-hydroxylation sites is 2. The SMILES string of the molecule is CCOc1ccccc1C(=O)NCC(=O)OCC(=O)Nc1ccccc1C#N. The van der Waals surface area contributed by atoms with Crippen LogP contribution in [0.1, 0.15) is 22.8 Å². The number of carbonyl (C=O) groups excluding carboxylic acids is 3. The van der Waals surface area contributed by atoms with Crippen molar-refractivity contribution in [3.8, 4) is 11.8 Å². The highest BCUT2D eigenvalue weighted by atomic mass is 16.5. The fourth-order valence-corrected chi connectivity index (χ4v) is 2.26. The quantitative estimate of drug-likeness (QED) is 0.674. The summed E-state index contributed by atoms with van der Waals surface area (Å²) in [7, 11) is 0. The summed E-state index contributed by atoms with van der Waals surface area (Å²) in [6, 6.07) is 15.0. The van der Waals surface area contributed by atoms with Crippen LogP contribution in [0.4, 0.5) is 5.69 Å². The van der Waals surface area contributed by atoms with E-state index in [1.54, 1.807) is 55.5 Å². The molecule has 0 bridgehead atoms. The lowest BCUT2D eigenvalue weighted by atomic mass is 10.2. The molecule has 8 nitrogen and oxygen atoms in total. The Morgan fingerprint density at radius 1 is 1.07 bits per heavy atom. The minimum absolute atomic E-state index is 0.294. The lowest BCUT2D eigenvalue weighted by Crippen LogP contribution is -2.32. The average Bonchev–Trinajstić information content (AvgIpc) is 2.71. The van der Waals surface area contributed by atoms with Gasteiger partial charge in [-0.05, 0) is 31.2 Å². The molecular weight excluding hydrogens is 362 g/mol. The molecule has 2 aromatic carbocycles. The van der Waals surface area contributed by atoms with Gasteiger partial charge in [0.05, 0.1) is 23.4 Å². The highest BCUT2D eigenvalue weighted by Gasteiger charge is 2.14. The number of nitrogens with zero attached hydrogens (tertiary/aromatic N) is 1. The predicted molar refractivity (Wildman–Crippen MR) is 101 cm³/mol. The molecule has 2 aromatic rings. The molecule has 2 amide bonds. The van der Waals surface area contributed by atoms with Crippen molar-refractivity contribution in [3.63, 3.8) is 0 Å². The Hall–Kier alpha value is -3.86. The molecule has 2 N–H and O–H groups in total. The van der Waals surface area contributed by atoms with E-state index >= 15 is 0 Å². The van der Waals surface area contributed by atoms with Gasteiger partial charge in [-0.3, -0.25) is 14.4 Å². The normalized spacial score (nSPS) is 9.71. The van der Waals surface area contributed by atoms with E-state index < -0.39 is 30.9 Å². The van der Waals surface area contributed by atoms with Crippen molar-refractivity contribution in [3.05, 3.63) is 59.7 Å². The number of carbonyl (C=O) groups is 3. The van der Waals surface area contributed by atoms with Crippen LogP contribution in [-0.2, 0) is 14.3 Å². The van der Waals surface area contributed by atoms with E-state index in [9.17, 15) is 14.4 Å². The Morgan fingerprint density at radius 3 is 2.54 bits per heavy atom. The molecule has 0 saturated carbocycles. The van der Waals surface area contributed by atoms with E-state index in [2.05, 4.69) is 10.6 Å². The van der Waals surface area contributed by atoms with Crippen LogP contribution in [0.5, 0.6) is 5.75 Å². The number of hydrogen-bond donors (Lipinski definition) is 2. The number of esters is 1. The van der Waals surface area contributed by atoms with Gasteiger partial charge in [0, 0.05) is 0 Å². The first-order valence-corrected chi connectivity index (χ1v) is 8.49. The van der Waals surface area contributed by atoms with Gasteiger partial charge in [-0.1, -0.05) is 24.3 Å². The Morgan fingerprint density at radius 2 is 1.79 bits per heavy atom. The molecular formula is C20H19N3O5. The van der Waals surface area contributed by atoms with Gasteiger partial charge in [-0.15, -0.1) is 0 Å². The molecule has 2 rings (SSSR count). The summed E-state index contributed by atoms with van der Waals surface area (Å²) in [4.78, 5) is 35.8. The standard InChI is InChI=1S/C20H19N3O5/c1-2-27-17-10-6-4-8-15(17)20(26)22-12-19(25)28-13-18(24)23-16-9-5-3-7-14(16)11-21/h3-10H,2,12-13H2,1H3,(H,22,26)(H,23,24). The maximum atomic E-state index is 12.2. The van der Waals surface area contributed by atoms with Gasteiger partial charge < -0.3 is 20.1 Å². The summed E-state index contributed by atoms with van der Waals surface area (Å²) in [6.07, 6.45) is 0. The lowest BCUT2D eigenvalue weighted by Gasteiger charge is -2.10. The number of amides is 2. The number of nitrogens with one attached hydrogen (secondary N) is 2. The van der Waals surface area contributed by atoms with Crippen molar-refractivity contribution in [2.24, 2.45) is 0 Å². The van der Waals surface area contributed by atoms with Gasteiger partial charge in [-0.2, -0.15) is 5.26 Å². The van der Waals surface area contributed by atoms with E-state index in [1.165, 1.54) is 0 Å². The molecule has 0 unspecified atom stereocenters. The summed E-state index contributed by atoms with van der Waals surface area (Å²) in [5, 5.41) is 13.9. The topological polar surface area (TPSA) is 118 Å². The molecule has 0 aliphatic heterocycles. The van der Waals surface area contributed by atoms with E-state index in [0.29, 0.717) is 29.2 Å². The maximum Gasteiger partial charge on any atom is 0.325 e. The second-order valence-electron chi connectivity index (χ2n) is 5.48. The fraction of sp³-hybridized carbons (Fsp3) is 0.200. The molecule has 0 fully saturated rings. The van der Waals surface area contributed by atoms with Crippen molar-refractivity contribution in [2.45, 2.75) is 6.92 Å². The highest BCUT2D eigenvalue weighted by Crippen LogP contribution is 2.17. The molecule has 0 saturated heterocycles. The summed E-state index contributed by atoms with van der Waals surface area (Å²) < 4.78 is 10.2. The van der Waals surface area contributed by atoms with Gasteiger partial charge in [0.25, 0.3) is 11.8 Å². The monoisotopic (exact) mass is 381 g/mol. The minimum atomic E-state index is -0.772. The zero-order valence-corrected chi connectivity index (χ0v) is 15.2. The Labute approximate surface area is 162 Å². The van der Waals surface area contributed by atoms with Crippen molar-refractivity contribution >= 4 is 23.5 Å². The van der Waals surface area contributed by atoms with Crippen LogP contribution in [0.25, 0.3) is 0 Å². The van der Waals surface area contributed by atoms with Crippen LogP contribution >= 0.6 is 0 Å². The summed E-state index contributed by atoms with van der Waals surface area (Å²) in [5.74, 6) is -1.45. The van der Waals surface area contributed by atoms with Crippen LogP contribution in [-0.4, -0.2) is 37.5 Å².